The predicted molar refractivity (Wildman–Crippen MR) is 240 cm³/mol. The lowest BCUT2D eigenvalue weighted by atomic mass is 10.00. The van der Waals surface area contributed by atoms with Crippen LogP contribution in [0.5, 0.6) is 17.2 Å². The van der Waals surface area contributed by atoms with Crippen molar-refractivity contribution in [2.45, 2.75) is 0 Å². The topological polar surface area (TPSA) is 39.3 Å². The summed E-state index contributed by atoms with van der Waals surface area (Å²) in [7, 11) is 10.2. The third-order valence-corrected chi connectivity index (χ3v) is 7.41. The smallest absolute Gasteiger partial charge is 0.169 e. The molecule has 4 rings (SSSR count). The van der Waals surface area contributed by atoms with Gasteiger partial charge in [-0.25, -0.2) is 13.7 Å². The molecule has 0 N–H and O–H groups in total. The Hall–Kier alpha value is -10.5. The van der Waals surface area contributed by atoms with Crippen LogP contribution in [0.3, 0.4) is 0 Å². The van der Waals surface area contributed by atoms with Gasteiger partial charge in [-0.3, -0.25) is 0 Å². The first-order chi connectivity index (χ1) is 30.9. The van der Waals surface area contributed by atoms with Crippen LogP contribution in [0.4, 0.5) is 0 Å². The van der Waals surface area contributed by atoms with E-state index >= 15 is 0 Å². The minimum absolute atomic E-state index is 0.239. The first kappa shape index (κ1) is 45.2. The molecule has 0 radical (unpaired) electrons. The molecule has 6 nitrogen and oxygen atoms in total. The van der Waals surface area contributed by atoms with Crippen LogP contribution in [0.2, 0.25) is 0 Å². The van der Waals surface area contributed by atoms with Crippen LogP contribution in [-0.4, -0.2) is 21.3 Å². The van der Waals surface area contributed by atoms with Gasteiger partial charge in [0.25, 0.3) is 0 Å². The highest BCUT2D eigenvalue weighted by molar-refractivity contribution is 5.76. The maximum absolute atomic E-state index is 5.79. The number of ether oxygens (including phenoxy) is 3. The summed E-state index contributed by atoms with van der Waals surface area (Å²) in [5, 5.41) is 0. The van der Waals surface area contributed by atoms with Crippen LogP contribution < -0.4 is 27.9 Å². The summed E-state index contributed by atoms with van der Waals surface area (Å²) < 4.78 is 23.1. The van der Waals surface area contributed by atoms with Crippen molar-refractivity contribution in [2.75, 3.05) is 21.3 Å². The van der Waals surface area contributed by atoms with Crippen LogP contribution in [0.15, 0.2) is 73.6 Å². The largest absolute Gasteiger partial charge is 0.494 e. The fourth-order valence-corrected chi connectivity index (χ4v) is 4.54. The lowest BCUT2D eigenvalue weighted by Gasteiger charge is -2.17. The molecule has 63 heavy (non-hydrogen) atoms. The van der Waals surface area contributed by atoms with Gasteiger partial charge in [0, 0.05) is 53.1 Å². The van der Waals surface area contributed by atoms with Crippen molar-refractivity contribution in [1.82, 2.24) is 0 Å². The van der Waals surface area contributed by atoms with Gasteiger partial charge in [0.05, 0.1) is 21.3 Å². The van der Waals surface area contributed by atoms with Gasteiger partial charge < -0.3 is 14.2 Å². The number of aryl methyl sites for hydroxylation is 3. The van der Waals surface area contributed by atoms with E-state index in [0.717, 1.165) is 16.7 Å². The molecule has 0 aliphatic heterocycles. The van der Waals surface area contributed by atoms with E-state index in [-0.39, 0.29) is 17.2 Å². The molecular formula is C57H30N3O3+3. The summed E-state index contributed by atoms with van der Waals surface area (Å²) in [6, 6.07) is 11.4. The molecule has 4 aromatic rings. The molecule has 0 fully saturated rings. The zero-order chi connectivity index (χ0) is 44.7. The lowest BCUT2D eigenvalue weighted by molar-refractivity contribution is -0.671. The SMILES string of the molecule is COc1c(C#CC#CC#CC#CC#Cc2cc[n+](C)cc2)c(OC)c(C#CC#CC#CC#CC#Cc2cc[n+](C)cc2)c(OC)c1C#CC#CC#CC#CC#Cc1cc[n+](C)cc1. The monoisotopic (exact) mass is 804 g/mol. The zero-order valence-electron chi connectivity index (χ0n) is 35.0. The van der Waals surface area contributed by atoms with Gasteiger partial charge in [-0.05, 0) is 160 Å². The van der Waals surface area contributed by atoms with Gasteiger partial charge in [0.2, 0.25) is 0 Å². The highest BCUT2D eigenvalue weighted by atomic mass is 16.5. The molecule has 6 heteroatoms. The molecule has 0 atom stereocenters. The molecule has 0 aliphatic rings. The number of methoxy groups -OCH3 is 3. The van der Waals surface area contributed by atoms with E-state index in [1.807, 2.05) is 108 Å². The highest BCUT2D eigenvalue weighted by Crippen LogP contribution is 2.42. The summed E-state index contributed by atoms with van der Waals surface area (Å²) in [4.78, 5) is 0. The zero-order valence-corrected chi connectivity index (χ0v) is 35.0. The summed E-state index contributed by atoms with van der Waals surface area (Å²) in [6.45, 7) is 0. The summed E-state index contributed by atoms with van der Waals surface area (Å²) >= 11 is 0. The molecular weight excluding hydrogens is 775 g/mol. The third kappa shape index (κ3) is 16.1. The number of aromatic nitrogens is 3. The van der Waals surface area contributed by atoms with Crippen molar-refractivity contribution >= 4 is 0 Å². The van der Waals surface area contributed by atoms with Crippen molar-refractivity contribution in [3.63, 3.8) is 0 Å². The van der Waals surface area contributed by atoms with E-state index < -0.39 is 0 Å². The molecule has 1 aromatic carbocycles. The van der Waals surface area contributed by atoms with Gasteiger partial charge in [0.15, 0.2) is 54.4 Å². The normalized spacial score (nSPS) is 7.52. The molecule has 288 valence electrons. The predicted octanol–water partition coefficient (Wildman–Crippen LogP) is 2.43. The average Bonchev–Trinajstić information content (AvgIpc) is 3.29. The van der Waals surface area contributed by atoms with Crippen LogP contribution >= 0.6 is 0 Å². The molecule has 0 unspecified atom stereocenters. The van der Waals surface area contributed by atoms with Crippen molar-refractivity contribution in [1.29, 1.82) is 0 Å². The number of benzene rings is 1. The van der Waals surface area contributed by atoms with Gasteiger partial charge in [0.1, 0.15) is 37.8 Å². The van der Waals surface area contributed by atoms with E-state index in [1.165, 1.54) is 21.3 Å². The minimum Gasteiger partial charge on any atom is -0.494 e. The first-order valence-corrected chi connectivity index (χ1v) is 18.2. The Bertz CT molecular complexity index is 3040. The summed E-state index contributed by atoms with van der Waals surface area (Å²) in [5.41, 5.74) is 3.42. The Labute approximate surface area is 370 Å². The molecule has 0 saturated heterocycles. The van der Waals surface area contributed by atoms with Crippen molar-refractivity contribution in [2.24, 2.45) is 21.1 Å². The molecule has 0 saturated carbocycles. The van der Waals surface area contributed by atoms with Gasteiger partial charge in [-0.1, -0.05) is 17.8 Å². The Morgan fingerprint density at radius 3 is 0.635 bits per heavy atom. The van der Waals surface area contributed by atoms with E-state index in [0.29, 0.717) is 16.7 Å². The number of hydrogen-bond donors (Lipinski definition) is 0. The maximum atomic E-state index is 5.79. The molecule has 0 bridgehead atoms. The quantitative estimate of drug-likeness (QED) is 0.236. The van der Waals surface area contributed by atoms with E-state index in [9.17, 15) is 0 Å². The van der Waals surface area contributed by atoms with Crippen LogP contribution in [0, 0.1) is 178 Å². The van der Waals surface area contributed by atoms with Crippen molar-refractivity contribution < 1.29 is 27.9 Å². The summed E-state index contributed by atoms with van der Waals surface area (Å²) in [5.74, 6) is 83.0. The molecule has 3 heterocycles. The second-order valence-electron chi connectivity index (χ2n) is 11.7. The first-order valence-electron chi connectivity index (χ1n) is 18.2. The Morgan fingerprint density at radius 1 is 0.270 bits per heavy atom. The lowest BCUT2D eigenvalue weighted by Crippen LogP contribution is -2.25. The fraction of sp³-hybridized carbons (Fsp3) is 0.105. The van der Waals surface area contributed by atoms with Crippen LogP contribution in [-0.2, 0) is 21.1 Å². The number of nitrogens with zero attached hydrogens (tertiary/aromatic N) is 3. The Balaban J connectivity index is 1.66. The molecule has 0 spiro atoms. The van der Waals surface area contributed by atoms with Gasteiger partial charge in [-0.2, -0.15) is 0 Å². The standard InChI is InChI=1S/C57H30N3O3/c1-58-43-37-49(38-44-58)31-25-19-13-7-10-16-22-28-34-52-55(61-4)53(35-29-23-17-11-8-14-20-26-32-50-39-45-59(2)46-40-50)57(63-6)54(56(52)62-5)36-30-24-18-12-9-15-21-27-33-51-41-47-60(3)48-42-51/h37-48H,1-6H3/q+3. The average molecular weight is 805 g/mol. The van der Waals surface area contributed by atoms with Gasteiger partial charge >= 0.3 is 0 Å². The molecule has 0 aliphatic carbocycles. The fourth-order valence-electron chi connectivity index (χ4n) is 4.54. The Morgan fingerprint density at radius 2 is 0.444 bits per heavy atom. The number of rotatable bonds is 3. The minimum atomic E-state index is 0.239. The van der Waals surface area contributed by atoms with E-state index in [1.54, 1.807) is 0 Å². The number of pyridine rings is 3. The maximum Gasteiger partial charge on any atom is 0.169 e. The van der Waals surface area contributed by atoms with Crippen molar-refractivity contribution in [3.8, 4) is 195 Å². The van der Waals surface area contributed by atoms with E-state index in [2.05, 4.69) is 178 Å². The van der Waals surface area contributed by atoms with Gasteiger partial charge in [-0.15, -0.1) is 0 Å². The second kappa shape index (κ2) is 26.4. The molecule has 3 aromatic heterocycles. The van der Waals surface area contributed by atoms with E-state index in [4.69, 9.17) is 14.2 Å². The summed E-state index contributed by atoms with van der Waals surface area (Å²) in [6.07, 6.45) is 11.4. The second-order valence-corrected chi connectivity index (χ2v) is 11.7. The Kier molecular flexibility index (Phi) is 18.9. The third-order valence-electron chi connectivity index (χ3n) is 7.41. The van der Waals surface area contributed by atoms with Crippen LogP contribution in [0.25, 0.3) is 0 Å². The van der Waals surface area contributed by atoms with Crippen molar-refractivity contribution in [3.05, 3.63) is 107 Å². The highest BCUT2D eigenvalue weighted by Gasteiger charge is 2.24. The number of hydrogen-bond acceptors (Lipinski definition) is 3. The molecule has 0 amide bonds. The van der Waals surface area contributed by atoms with Crippen LogP contribution in [0.1, 0.15) is 33.4 Å².